The third-order valence-corrected chi connectivity index (χ3v) is 4.06. The Balaban J connectivity index is 1.83. The van der Waals surface area contributed by atoms with Crippen LogP contribution in [0.25, 0.3) is 0 Å². The first-order valence-corrected chi connectivity index (χ1v) is 9.31. The van der Waals surface area contributed by atoms with Gasteiger partial charge in [0.1, 0.15) is 12.4 Å². The van der Waals surface area contributed by atoms with E-state index in [1.54, 1.807) is 30.3 Å². The fraction of sp³-hybridized carbons (Fsp3) is 0.450. The molecule has 1 aromatic heterocycles. The van der Waals surface area contributed by atoms with E-state index in [1.807, 2.05) is 13.8 Å². The van der Waals surface area contributed by atoms with Crippen molar-refractivity contribution in [1.82, 2.24) is 10.5 Å². The Morgan fingerprint density at radius 1 is 1.22 bits per heavy atom. The summed E-state index contributed by atoms with van der Waals surface area (Å²) in [6.45, 7) is 6.13. The number of hydrogen-bond acceptors (Lipinski definition) is 5. The van der Waals surface area contributed by atoms with Gasteiger partial charge in [0.2, 0.25) is 5.91 Å². The second kappa shape index (κ2) is 10.4. The van der Waals surface area contributed by atoms with Crippen LogP contribution in [-0.4, -0.2) is 23.0 Å². The summed E-state index contributed by atoms with van der Waals surface area (Å²) in [5, 5.41) is 9.45. The number of aromatic nitrogens is 1. The van der Waals surface area contributed by atoms with Crippen LogP contribution in [0.5, 0.6) is 5.75 Å². The predicted molar refractivity (Wildman–Crippen MR) is 103 cm³/mol. The molecule has 0 bridgehead atoms. The van der Waals surface area contributed by atoms with Gasteiger partial charge in [-0.15, -0.1) is 0 Å². The topological polar surface area (TPSA) is 93.5 Å². The zero-order chi connectivity index (χ0) is 19.6. The maximum absolute atomic E-state index is 12.0. The summed E-state index contributed by atoms with van der Waals surface area (Å²) < 4.78 is 10.8. The summed E-state index contributed by atoms with van der Waals surface area (Å²) in [6.07, 6.45) is 3.23. The van der Waals surface area contributed by atoms with Crippen molar-refractivity contribution in [2.45, 2.75) is 59.1 Å². The summed E-state index contributed by atoms with van der Waals surface area (Å²) in [7, 11) is 0. The first-order valence-electron chi connectivity index (χ1n) is 9.31. The van der Waals surface area contributed by atoms with Gasteiger partial charge in [-0.2, -0.15) is 0 Å². The van der Waals surface area contributed by atoms with E-state index < -0.39 is 0 Å². The molecule has 2 aromatic rings. The highest BCUT2D eigenvalue weighted by Gasteiger charge is 2.14. The molecule has 1 aromatic carbocycles. The monoisotopic (exact) mass is 373 g/mol. The highest BCUT2D eigenvalue weighted by Crippen LogP contribution is 2.18. The van der Waals surface area contributed by atoms with Gasteiger partial charge >= 0.3 is 0 Å². The van der Waals surface area contributed by atoms with E-state index >= 15 is 0 Å². The third kappa shape index (κ3) is 6.77. The highest BCUT2D eigenvalue weighted by atomic mass is 16.5. The van der Waals surface area contributed by atoms with E-state index in [9.17, 15) is 9.59 Å². The molecule has 1 heterocycles. The second-order valence-electron chi connectivity index (χ2n) is 6.43. The van der Waals surface area contributed by atoms with Crippen LogP contribution in [0.4, 0.5) is 5.69 Å². The summed E-state index contributed by atoms with van der Waals surface area (Å²) >= 11 is 0. The molecule has 27 heavy (non-hydrogen) atoms. The van der Waals surface area contributed by atoms with Crippen molar-refractivity contribution in [2.75, 3.05) is 5.32 Å². The number of benzene rings is 1. The Labute approximate surface area is 159 Å². The number of rotatable bonds is 10. The zero-order valence-electron chi connectivity index (χ0n) is 16.1. The van der Waals surface area contributed by atoms with Crippen LogP contribution in [0.3, 0.4) is 0 Å². The van der Waals surface area contributed by atoms with Crippen LogP contribution in [0.15, 0.2) is 34.9 Å². The van der Waals surface area contributed by atoms with E-state index in [2.05, 4.69) is 22.7 Å². The average molecular weight is 373 g/mol. The lowest BCUT2D eigenvalue weighted by molar-refractivity contribution is -0.116. The Kier molecular flexibility index (Phi) is 7.85. The SMILES string of the molecule is CCCCC(=O)Nc1ccc(OCc2cc(C(=O)N[C@H](C)CC)no2)cc1. The summed E-state index contributed by atoms with van der Waals surface area (Å²) in [5.74, 6) is 0.836. The van der Waals surface area contributed by atoms with Crippen molar-refractivity contribution in [2.24, 2.45) is 0 Å². The molecule has 0 radical (unpaired) electrons. The summed E-state index contributed by atoms with van der Waals surface area (Å²) in [5.41, 5.74) is 0.964. The van der Waals surface area contributed by atoms with Crippen molar-refractivity contribution in [3.8, 4) is 5.75 Å². The first kappa shape index (κ1) is 20.5. The molecule has 7 heteroatoms. The number of carbonyl (C=O) groups is 2. The highest BCUT2D eigenvalue weighted by molar-refractivity contribution is 5.92. The summed E-state index contributed by atoms with van der Waals surface area (Å²) in [6, 6.07) is 8.75. The van der Waals surface area contributed by atoms with Crippen LogP contribution < -0.4 is 15.4 Å². The molecule has 2 amide bonds. The van der Waals surface area contributed by atoms with Gasteiger partial charge in [0.15, 0.2) is 11.5 Å². The lowest BCUT2D eigenvalue weighted by Crippen LogP contribution is -2.32. The molecular formula is C20H27N3O4. The Hall–Kier alpha value is -2.83. The Morgan fingerprint density at radius 3 is 2.63 bits per heavy atom. The van der Waals surface area contributed by atoms with Crippen LogP contribution in [0.2, 0.25) is 0 Å². The minimum atomic E-state index is -0.262. The maximum atomic E-state index is 12.0. The standard InChI is InChI=1S/C20H27N3O4/c1-4-6-7-19(24)22-15-8-10-16(11-9-15)26-13-17-12-18(23-27-17)20(25)21-14(3)5-2/h8-12,14H,4-7,13H2,1-3H3,(H,21,25)(H,22,24)/t14-/m1/s1. The summed E-state index contributed by atoms with van der Waals surface area (Å²) in [4.78, 5) is 23.7. The van der Waals surface area contributed by atoms with Gasteiger partial charge in [-0.3, -0.25) is 9.59 Å². The number of unbranched alkanes of at least 4 members (excludes halogenated alkanes) is 1. The van der Waals surface area contributed by atoms with Crippen molar-refractivity contribution in [3.63, 3.8) is 0 Å². The predicted octanol–water partition coefficient (Wildman–Crippen LogP) is 3.91. The van der Waals surface area contributed by atoms with E-state index in [0.29, 0.717) is 17.9 Å². The van der Waals surface area contributed by atoms with Gasteiger partial charge in [-0.05, 0) is 44.0 Å². The maximum Gasteiger partial charge on any atom is 0.273 e. The molecule has 0 aliphatic heterocycles. The molecule has 0 spiro atoms. The van der Waals surface area contributed by atoms with E-state index in [-0.39, 0.29) is 30.2 Å². The van der Waals surface area contributed by atoms with E-state index in [4.69, 9.17) is 9.26 Å². The molecule has 2 rings (SSSR count). The van der Waals surface area contributed by atoms with Gasteiger partial charge in [-0.1, -0.05) is 25.4 Å². The van der Waals surface area contributed by atoms with Crippen molar-refractivity contribution >= 4 is 17.5 Å². The molecule has 0 fully saturated rings. The molecule has 0 aliphatic rings. The van der Waals surface area contributed by atoms with Crippen LogP contribution in [0.1, 0.15) is 62.7 Å². The normalized spacial score (nSPS) is 11.7. The minimum Gasteiger partial charge on any atom is -0.486 e. The molecular weight excluding hydrogens is 346 g/mol. The zero-order valence-corrected chi connectivity index (χ0v) is 16.1. The van der Waals surface area contributed by atoms with Gasteiger partial charge in [0.25, 0.3) is 5.91 Å². The smallest absolute Gasteiger partial charge is 0.273 e. The second-order valence-corrected chi connectivity index (χ2v) is 6.43. The first-order chi connectivity index (χ1) is 13.0. The van der Waals surface area contributed by atoms with Gasteiger partial charge < -0.3 is 19.9 Å². The third-order valence-electron chi connectivity index (χ3n) is 4.06. The average Bonchev–Trinajstić information content (AvgIpc) is 3.15. The van der Waals surface area contributed by atoms with E-state index in [0.717, 1.165) is 24.9 Å². The molecule has 1 atom stereocenters. The van der Waals surface area contributed by atoms with Crippen LogP contribution in [0, 0.1) is 0 Å². The van der Waals surface area contributed by atoms with Crippen molar-refractivity contribution in [3.05, 3.63) is 41.8 Å². The molecule has 0 saturated carbocycles. The lowest BCUT2D eigenvalue weighted by atomic mass is 10.2. The van der Waals surface area contributed by atoms with Gasteiger partial charge in [0.05, 0.1) is 0 Å². The van der Waals surface area contributed by atoms with Gasteiger partial charge in [-0.25, -0.2) is 0 Å². The lowest BCUT2D eigenvalue weighted by Gasteiger charge is -2.08. The Bertz CT molecular complexity index is 740. The minimum absolute atomic E-state index is 0.00961. The van der Waals surface area contributed by atoms with Crippen molar-refractivity contribution in [1.29, 1.82) is 0 Å². The molecule has 0 unspecified atom stereocenters. The molecule has 2 N–H and O–H groups in total. The number of hydrogen-bond donors (Lipinski definition) is 2. The van der Waals surface area contributed by atoms with Crippen LogP contribution >= 0.6 is 0 Å². The quantitative estimate of drug-likeness (QED) is 0.658. The fourth-order valence-corrected chi connectivity index (χ4v) is 2.24. The number of anilines is 1. The number of nitrogens with zero attached hydrogens (tertiary/aromatic N) is 1. The molecule has 146 valence electrons. The number of carbonyl (C=O) groups excluding carboxylic acids is 2. The van der Waals surface area contributed by atoms with Gasteiger partial charge in [0, 0.05) is 24.2 Å². The van der Waals surface area contributed by atoms with Crippen molar-refractivity contribution < 1.29 is 18.8 Å². The molecule has 7 nitrogen and oxygen atoms in total. The Morgan fingerprint density at radius 2 is 1.96 bits per heavy atom. The molecule has 0 aliphatic carbocycles. The number of amides is 2. The molecule has 0 saturated heterocycles. The number of ether oxygens (including phenoxy) is 1. The number of nitrogens with one attached hydrogen (secondary N) is 2. The fourth-order valence-electron chi connectivity index (χ4n) is 2.24. The largest absolute Gasteiger partial charge is 0.486 e. The van der Waals surface area contributed by atoms with Crippen LogP contribution in [-0.2, 0) is 11.4 Å². The van der Waals surface area contributed by atoms with E-state index in [1.165, 1.54) is 0 Å².